The maximum Gasteiger partial charge on any atom is 0.179 e. The highest BCUT2D eigenvalue weighted by Gasteiger charge is 2.22. The Morgan fingerprint density at radius 3 is 2.50 bits per heavy atom. The van der Waals surface area contributed by atoms with Crippen LogP contribution in [-0.2, 0) is 12.1 Å². The van der Waals surface area contributed by atoms with Crippen molar-refractivity contribution in [3.05, 3.63) is 10.5 Å². The maximum atomic E-state index is 5.39. The second-order valence-electron chi connectivity index (χ2n) is 5.04. The van der Waals surface area contributed by atoms with E-state index in [4.69, 9.17) is 12.2 Å². The van der Waals surface area contributed by atoms with Crippen LogP contribution in [0.25, 0.3) is 11.2 Å². The zero-order valence-electron chi connectivity index (χ0n) is 10.5. The quantitative estimate of drug-likeness (QED) is 0.776. The normalized spacial score (nSPS) is 12.6. The molecule has 88 valence electrons. The molecule has 2 aromatic heterocycles. The number of nitrogens with zero attached hydrogens (tertiary/aromatic N) is 3. The van der Waals surface area contributed by atoms with Gasteiger partial charge in [0.15, 0.2) is 10.4 Å². The van der Waals surface area contributed by atoms with Crippen LogP contribution in [0, 0.1) is 11.7 Å². The highest BCUT2D eigenvalue weighted by atomic mass is 32.1. The van der Waals surface area contributed by atoms with Crippen LogP contribution in [0.3, 0.4) is 0 Å². The van der Waals surface area contributed by atoms with Crippen LogP contribution in [0.5, 0.6) is 0 Å². The lowest BCUT2D eigenvalue weighted by molar-refractivity contribution is 0.395. The van der Waals surface area contributed by atoms with Gasteiger partial charge in [-0.15, -0.1) is 0 Å². The predicted octanol–water partition coefficient (Wildman–Crippen LogP) is 2.98. The first kappa shape index (κ1) is 11.4. The summed E-state index contributed by atoms with van der Waals surface area (Å²) in [6.07, 6.45) is 0. The van der Waals surface area contributed by atoms with Crippen LogP contribution < -0.4 is 0 Å². The number of imidazole rings is 1. The van der Waals surface area contributed by atoms with Crippen molar-refractivity contribution in [1.82, 2.24) is 19.3 Å². The Morgan fingerprint density at radius 1 is 1.38 bits per heavy atom. The molecule has 0 fully saturated rings. The Morgan fingerprint density at radius 2 is 2.00 bits per heavy atom. The molecule has 0 radical (unpaired) electrons. The van der Waals surface area contributed by atoms with Gasteiger partial charge >= 0.3 is 0 Å². The van der Waals surface area contributed by atoms with Gasteiger partial charge in [0.2, 0.25) is 0 Å². The molecule has 2 heterocycles. The lowest BCUT2D eigenvalue weighted by atomic mass is 10.1. The third kappa shape index (κ3) is 1.50. The number of fused-ring (bicyclic) bond motifs is 1. The van der Waals surface area contributed by atoms with Gasteiger partial charge in [-0.1, -0.05) is 0 Å². The fraction of sp³-hybridized carbons (Fsp3) is 0.636. The number of aromatic amines is 1. The Bertz CT molecular complexity index is 579. The number of rotatable bonds is 1. The first-order valence-electron chi connectivity index (χ1n) is 5.55. The van der Waals surface area contributed by atoms with Gasteiger partial charge < -0.3 is 4.98 Å². The maximum absolute atomic E-state index is 5.39. The van der Waals surface area contributed by atoms with Crippen molar-refractivity contribution in [3.8, 4) is 0 Å². The predicted molar refractivity (Wildman–Crippen MR) is 68.3 cm³/mol. The Balaban J connectivity index is 2.92. The summed E-state index contributed by atoms with van der Waals surface area (Å²) in [5.74, 6) is 0. The number of hydrogen-bond donors (Lipinski definition) is 1. The molecule has 4 nitrogen and oxygen atoms in total. The summed E-state index contributed by atoms with van der Waals surface area (Å²) in [5, 5.41) is 4.50. The molecule has 0 amide bonds. The number of aromatic nitrogens is 4. The molecule has 0 aliphatic rings. The van der Waals surface area contributed by atoms with Gasteiger partial charge in [0, 0.05) is 12.1 Å². The van der Waals surface area contributed by atoms with Gasteiger partial charge in [-0.2, -0.15) is 5.10 Å². The van der Waals surface area contributed by atoms with E-state index in [2.05, 4.69) is 42.3 Å². The molecule has 0 bridgehead atoms. The molecule has 0 atom stereocenters. The highest BCUT2D eigenvalue weighted by Crippen LogP contribution is 2.24. The van der Waals surface area contributed by atoms with E-state index in [-0.39, 0.29) is 5.54 Å². The van der Waals surface area contributed by atoms with E-state index in [1.54, 1.807) is 0 Å². The molecular weight excluding hydrogens is 220 g/mol. The Hall–Kier alpha value is -1.10. The second kappa shape index (κ2) is 3.45. The van der Waals surface area contributed by atoms with E-state index in [0.29, 0.717) is 0 Å². The largest absolute Gasteiger partial charge is 0.328 e. The number of H-pyrrole nitrogens is 1. The fourth-order valence-electron chi connectivity index (χ4n) is 2.04. The van der Waals surface area contributed by atoms with Gasteiger partial charge in [0.05, 0.1) is 5.69 Å². The van der Waals surface area contributed by atoms with Crippen molar-refractivity contribution in [1.29, 1.82) is 0 Å². The number of nitrogens with one attached hydrogen (secondary N) is 1. The molecule has 0 unspecified atom stereocenters. The molecular formula is C11H18N4S. The summed E-state index contributed by atoms with van der Waals surface area (Å²) in [6.45, 7) is 11.4. The summed E-state index contributed by atoms with van der Waals surface area (Å²) in [7, 11) is 0. The minimum atomic E-state index is -0.0330. The Kier molecular flexibility index (Phi) is 2.45. The van der Waals surface area contributed by atoms with E-state index in [1.807, 2.05) is 11.6 Å². The summed E-state index contributed by atoms with van der Waals surface area (Å²) in [6, 6.07) is 0. The summed E-state index contributed by atoms with van der Waals surface area (Å²) in [5.41, 5.74) is 3.12. The Labute approximate surface area is 100 Å². The highest BCUT2D eigenvalue weighted by molar-refractivity contribution is 7.71. The van der Waals surface area contributed by atoms with Crippen molar-refractivity contribution in [2.24, 2.45) is 0 Å². The summed E-state index contributed by atoms with van der Waals surface area (Å²) in [4.78, 5) is 3.25. The molecule has 0 saturated heterocycles. The van der Waals surface area contributed by atoms with Crippen LogP contribution in [0.15, 0.2) is 0 Å². The van der Waals surface area contributed by atoms with E-state index in [9.17, 15) is 0 Å². The third-order valence-corrected chi connectivity index (χ3v) is 3.00. The minimum absolute atomic E-state index is 0.0330. The van der Waals surface area contributed by atoms with Crippen molar-refractivity contribution in [2.45, 2.75) is 46.7 Å². The molecule has 0 saturated carbocycles. The van der Waals surface area contributed by atoms with Crippen molar-refractivity contribution in [2.75, 3.05) is 0 Å². The monoisotopic (exact) mass is 238 g/mol. The van der Waals surface area contributed by atoms with Gasteiger partial charge in [-0.25, -0.2) is 4.68 Å². The lowest BCUT2D eigenvalue weighted by Crippen LogP contribution is -2.23. The van der Waals surface area contributed by atoms with Crippen molar-refractivity contribution in [3.63, 3.8) is 0 Å². The van der Waals surface area contributed by atoms with Gasteiger partial charge in [-0.3, -0.25) is 4.57 Å². The van der Waals surface area contributed by atoms with E-state index in [0.717, 1.165) is 28.2 Å². The van der Waals surface area contributed by atoms with E-state index >= 15 is 0 Å². The molecule has 0 aromatic carbocycles. The number of hydrogen-bond acceptors (Lipinski definition) is 2. The van der Waals surface area contributed by atoms with Gasteiger partial charge in [0.25, 0.3) is 0 Å². The molecule has 5 heteroatoms. The van der Waals surface area contributed by atoms with Crippen molar-refractivity contribution < 1.29 is 0 Å². The van der Waals surface area contributed by atoms with Crippen LogP contribution >= 0.6 is 12.2 Å². The summed E-state index contributed by atoms with van der Waals surface area (Å²) < 4.78 is 4.91. The topological polar surface area (TPSA) is 38.5 Å². The average Bonchev–Trinajstić information content (AvgIpc) is 2.62. The minimum Gasteiger partial charge on any atom is -0.328 e. The van der Waals surface area contributed by atoms with Crippen LogP contribution in [0.2, 0.25) is 0 Å². The number of aryl methyl sites for hydroxylation is 2. The molecule has 2 aromatic rings. The second-order valence-corrected chi connectivity index (χ2v) is 5.42. The zero-order valence-corrected chi connectivity index (χ0v) is 11.3. The fourth-order valence-corrected chi connectivity index (χ4v) is 2.51. The van der Waals surface area contributed by atoms with Gasteiger partial charge in [0.1, 0.15) is 5.52 Å². The van der Waals surface area contributed by atoms with Crippen molar-refractivity contribution >= 4 is 23.4 Å². The van der Waals surface area contributed by atoms with Crippen LogP contribution in [0.4, 0.5) is 0 Å². The molecule has 0 aliphatic heterocycles. The molecule has 2 rings (SSSR count). The SMILES string of the molecule is CCn1nc(C)c2[nH]c(=S)n(C(C)(C)C)c21. The smallest absolute Gasteiger partial charge is 0.179 e. The first-order valence-corrected chi connectivity index (χ1v) is 5.95. The van der Waals surface area contributed by atoms with Crippen LogP contribution in [0.1, 0.15) is 33.4 Å². The molecule has 0 spiro atoms. The van der Waals surface area contributed by atoms with Crippen LogP contribution in [-0.4, -0.2) is 19.3 Å². The van der Waals surface area contributed by atoms with Gasteiger partial charge in [-0.05, 0) is 46.8 Å². The van der Waals surface area contributed by atoms with E-state index in [1.165, 1.54) is 0 Å². The van der Waals surface area contributed by atoms with E-state index < -0.39 is 0 Å². The average molecular weight is 238 g/mol. The molecule has 16 heavy (non-hydrogen) atoms. The first-order chi connectivity index (χ1) is 7.36. The molecule has 1 N–H and O–H groups in total. The standard InChI is InChI=1S/C11H18N4S/c1-6-14-9-8(7(2)13-14)12-10(16)15(9)11(3,4)5/h6H2,1-5H3,(H,12,16). The zero-order chi connectivity index (χ0) is 12.1. The summed E-state index contributed by atoms with van der Waals surface area (Å²) >= 11 is 5.39. The lowest BCUT2D eigenvalue weighted by Gasteiger charge is -2.21. The third-order valence-electron chi connectivity index (χ3n) is 2.72. The molecule has 0 aliphatic carbocycles.